The van der Waals surface area contributed by atoms with Crippen molar-refractivity contribution in [3.63, 3.8) is 0 Å². The average Bonchev–Trinajstić information content (AvgIpc) is 2.25. The minimum absolute atomic E-state index is 0.0921. The molecule has 0 spiro atoms. The molecule has 1 unspecified atom stereocenters. The van der Waals surface area contributed by atoms with Gasteiger partial charge in [-0.1, -0.05) is 13.8 Å². The van der Waals surface area contributed by atoms with Crippen molar-refractivity contribution in [1.29, 1.82) is 0 Å². The number of nitrogens with one attached hydrogen (secondary N) is 1. The van der Waals surface area contributed by atoms with Crippen LogP contribution in [0.2, 0.25) is 0 Å². The highest BCUT2D eigenvalue weighted by Gasteiger charge is 2.35. The predicted octanol–water partition coefficient (Wildman–Crippen LogP) is -0.812. The Hall–Kier alpha value is -0.790. The van der Waals surface area contributed by atoms with Crippen molar-refractivity contribution < 1.29 is 33.6 Å². The Labute approximate surface area is 105 Å². The number of phosphoric ester groups is 1. The van der Waals surface area contributed by atoms with Gasteiger partial charge >= 0.3 is 7.82 Å². The number of aliphatic hydroxyl groups excluding tert-OH is 1. The summed E-state index contributed by atoms with van der Waals surface area (Å²) in [4.78, 5) is 38.6. The van der Waals surface area contributed by atoms with Crippen molar-refractivity contribution in [2.45, 2.75) is 26.4 Å². The van der Waals surface area contributed by atoms with Gasteiger partial charge in [0.2, 0.25) is 5.91 Å². The van der Waals surface area contributed by atoms with Crippen LogP contribution in [-0.4, -0.2) is 46.3 Å². The lowest BCUT2D eigenvalue weighted by Crippen LogP contribution is -2.46. The quantitative estimate of drug-likeness (QED) is 0.260. The Morgan fingerprint density at radius 2 is 2.06 bits per heavy atom. The number of carbonyl (C=O) groups is 2. The molecule has 0 aromatic carbocycles. The summed E-state index contributed by atoms with van der Waals surface area (Å²) in [5, 5.41) is 12.0. The summed E-state index contributed by atoms with van der Waals surface area (Å²) in [6, 6.07) is 0. The molecule has 0 aromatic heterocycles. The highest BCUT2D eigenvalue weighted by atomic mass is 31.2. The number of hydrogen-bond acceptors (Lipinski definition) is 5. The molecule has 0 rings (SSSR count). The van der Waals surface area contributed by atoms with Gasteiger partial charge in [0.05, 0.1) is 6.61 Å². The summed E-state index contributed by atoms with van der Waals surface area (Å²) in [6.45, 7) is 2.45. The Balaban J connectivity index is 4.35. The lowest BCUT2D eigenvalue weighted by atomic mass is 9.87. The van der Waals surface area contributed by atoms with Gasteiger partial charge in [-0.05, 0) is 0 Å². The standard InChI is InChI=1S/C9H18NO7P/c1-9(2,6-17-18(14,15)16)7(12)8(13)10-4-3-5-11/h5,7,12H,3-4,6H2,1-2H3,(H,10,13)(H2,14,15,16). The molecule has 4 N–H and O–H groups in total. The van der Waals surface area contributed by atoms with E-state index in [0.29, 0.717) is 6.29 Å². The molecule has 1 atom stereocenters. The molecule has 0 fully saturated rings. The highest BCUT2D eigenvalue weighted by molar-refractivity contribution is 7.46. The Morgan fingerprint density at radius 1 is 1.50 bits per heavy atom. The van der Waals surface area contributed by atoms with Crippen molar-refractivity contribution >= 4 is 20.0 Å². The third-order valence-corrected chi connectivity index (χ3v) is 2.62. The van der Waals surface area contributed by atoms with E-state index >= 15 is 0 Å². The van der Waals surface area contributed by atoms with Gasteiger partial charge in [0.15, 0.2) is 0 Å². The van der Waals surface area contributed by atoms with E-state index in [1.54, 1.807) is 0 Å². The van der Waals surface area contributed by atoms with Gasteiger partial charge in [-0.25, -0.2) is 4.57 Å². The number of aliphatic hydroxyl groups is 1. The Bertz CT molecular complexity index is 338. The van der Waals surface area contributed by atoms with E-state index in [-0.39, 0.29) is 13.0 Å². The van der Waals surface area contributed by atoms with Crippen molar-refractivity contribution in [3.05, 3.63) is 0 Å². The van der Waals surface area contributed by atoms with E-state index in [4.69, 9.17) is 9.79 Å². The summed E-state index contributed by atoms with van der Waals surface area (Å²) in [7, 11) is -4.65. The largest absolute Gasteiger partial charge is 0.469 e. The molecule has 0 bridgehead atoms. The molecule has 0 saturated heterocycles. The third kappa shape index (κ3) is 6.83. The summed E-state index contributed by atoms with van der Waals surface area (Å²) >= 11 is 0. The highest BCUT2D eigenvalue weighted by Crippen LogP contribution is 2.38. The van der Waals surface area contributed by atoms with Crippen molar-refractivity contribution in [3.8, 4) is 0 Å². The van der Waals surface area contributed by atoms with Crippen LogP contribution >= 0.6 is 7.82 Å². The fraction of sp³-hybridized carbons (Fsp3) is 0.778. The Kier molecular flexibility index (Phi) is 6.66. The zero-order valence-electron chi connectivity index (χ0n) is 10.2. The summed E-state index contributed by atoms with van der Waals surface area (Å²) in [5.41, 5.74) is -1.17. The van der Waals surface area contributed by atoms with Crippen molar-refractivity contribution in [1.82, 2.24) is 5.32 Å². The molecule has 0 saturated carbocycles. The molecule has 0 aromatic rings. The maximum atomic E-state index is 11.5. The fourth-order valence-electron chi connectivity index (χ4n) is 1.04. The van der Waals surface area contributed by atoms with Gasteiger partial charge in [-0.2, -0.15) is 0 Å². The van der Waals surface area contributed by atoms with Gasteiger partial charge < -0.3 is 25.0 Å². The normalized spacial score (nSPS) is 14.1. The SMILES string of the molecule is CC(C)(COP(=O)(O)O)C(O)C(=O)NCCC=O. The summed E-state index contributed by atoms with van der Waals surface area (Å²) in [6.07, 6.45) is -0.761. The molecule has 0 heterocycles. The molecule has 0 aliphatic rings. The van der Waals surface area contributed by atoms with Crippen LogP contribution in [0.15, 0.2) is 0 Å². The number of hydrogen-bond donors (Lipinski definition) is 4. The molecule has 1 amide bonds. The number of amides is 1. The second kappa shape index (κ2) is 6.96. The van der Waals surface area contributed by atoms with E-state index in [9.17, 15) is 19.3 Å². The molecule has 8 nitrogen and oxygen atoms in total. The smallest absolute Gasteiger partial charge is 0.383 e. The first-order valence-corrected chi connectivity index (χ1v) is 6.72. The third-order valence-electron chi connectivity index (χ3n) is 2.15. The second-order valence-electron chi connectivity index (χ2n) is 4.40. The van der Waals surface area contributed by atoms with Crippen molar-refractivity contribution in [2.75, 3.05) is 13.2 Å². The van der Waals surface area contributed by atoms with Crippen molar-refractivity contribution in [2.24, 2.45) is 5.41 Å². The monoisotopic (exact) mass is 283 g/mol. The van der Waals surface area contributed by atoms with Crippen LogP contribution in [0.4, 0.5) is 0 Å². The summed E-state index contributed by atoms with van der Waals surface area (Å²) in [5.74, 6) is -0.726. The first-order chi connectivity index (χ1) is 8.10. The predicted molar refractivity (Wildman–Crippen MR) is 61.5 cm³/mol. The van der Waals surface area contributed by atoms with Crippen LogP contribution in [0.5, 0.6) is 0 Å². The topological polar surface area (TPSA) is 133 Å². The van der Waals surface area contributed by atoms with Gasteiger partial charge in [-0.3, -0.25) is 9.32 Å². The van der Waals surface area contributed by atoms with E-state index in [1.165, 1.54) is 13.8 Å². The molecule has 18 heavy (non-hydrogen) atoms. The van der Waals surface area contributed by atoms with Gasteiger partial charge in [0.25, 0.3) is 0 Å². The number of carbonyl (C=O) groups excluding carboxylic acids is 2. The number of rotatable bonds is 8. The maximum absolute atomic E-state index is 11.5. The van der Waals surface area contributed by atoms with E-state index in [1.807, 2.05) is 0 Å². The van der Waals surface area contributed by atoms with Crippen LogP contribution in [0, 0.1) is 5.41 Å². The van der Waals surface area contributed by atoms with E-state index in [2.05, 4.69) is 9.84 Å². The van der Waals surface area contributed by atoms with E-state index in [0.717, 1.165) is 0 Å². The first-order valence-electron chi connectivity index (χ1n) is 5.19. The van der Waals surface area contributed by atoms with Crippen LogP contribution in [0.25, 0.3) is 0 Å². The molecular formula is C9H18NO7P. The van der Waals surface area contributed by atoms with Crippen LogP contribution < -0.4 is 5.32 Å². The van der Waals surface area contributed by atoms with Crippen LogP contribution in [0.3, 0.4) is 0 Å². The minimum Gasteiger partial charge on any atom is -0.383 e. The molecular weight excluding hydrogens is 265 g/mol. The van der Waals surface area contributed by atoms with Gasteiger partial charge in [0.1, 0.15) is 12.4 Å². The fourth-order valence-corrected chi connectivity index (χ4v) is 1.54. The number of phosphoric acid groups is 1. The maximum Gasteiger partial charge on any atom is 0.469 e. The minimum atomic E-state index is -4.65. The molecule has 9 heteroatoms. The van der Waals surface area contributed by atoms with Crippen LogP contribution in [-0.2, 0) is 18.7 Å². The Morgan fingerprint density at radius 3 is 2.50 bits per heavy atom. The van der Waals surface area contributed by atoms with Crippen LogP contribution in [0.1, 0.15) is 20.3 Å². The molecule has 106 valence electrons. The van der Waals surface area contributed by atoms with E-state index < -0.39 is 31.9 Å². The number of aldehydes is 1. The zero-order chi connectivity index (χ0) is 14.4. The second-order valence-corrected chi connectivity index (χ2v) is 5.64. The average molecular weight is 283 g/mol. The lowest BCUT2D eigenvalue weighted by Gasteiger charge is -2.29. The first kappa shape index (κ1) is 17.2. The molecule has 0 aliphatic carbocycles. The van der Waals surface area contributed by atoms with Gasteiger partial charge in [-0.15, -0.1) is 0 Å². The molecule has 0 aliphatic heterocycles. The molecule has 0 radical (unpaired) electrons. The lowest BCUT2D eigenvalue weighted by molar-refractivity contribution is -0.136. The zero-order valence-corrected chi connectivity index (χ0v) is 11.1. The van der Waals surface area contributed by atoms with Gasteiger partial charge in [0, 0.05) is 18.4 Å². The summed E-state index contributed by atoms with van der Waals surface area (Å²) < 4.78 is 14.8.